The van der Waals surface area contributed by atoms with Gasteiger partial charge in [-0.1, -0.05) is 23.9 Å². The van der Waals surface area contributed by atoms with Crippen LogP contribution in [0.3, 0.4) is 0 Å². The predicted molar refractivity (Wildman–Crippen MR) is 83.7 cm³/mol. The molecule has 0 aliphatic heterocycles. The van der Waals surface area contributed by atoms with Gasteiger partial charge in [-0.05, 0) is 31.9 Å². The topological polar surface area (TPSA) is 64.0 Å². The first kappa shape index (κ1) is 14.1. The van der Waals surface area contributed by atoms with Gasteiger partial charge < -0.3 is 5.32 Å². The molecule has 1 amide bonds. The number of amides is 1. The van der Waals surface area contributed by atoms with Crippen LogP contribution in [0.15, 0.2) is 34.2 Å². The second-order valence-corrected chi connectivity index (χ2v) is 6.00. The molecule has 1 aromatic heterocycles. The third-order valence-electron chi connectivity index (χ3n) is 3.39. The molecule has 6 heteroatoms. The summed E-state index contributed by atoms with van der Waals surface area (Å²) in [4.78, 5) is 28.8. The first-order chi connectivity index (χ1) is 10.2. The molecule has 1 aliphatic rings. The third kappa shape index (κ3) is 2.95. The third-order valence-corrected chi connectivity index (χ3v) is 4.35. The largest absolute Gasteiger partial charge is 0.356 e. The molecule has 5 nitrogen and oxygen atoms in total. The zero-order chi connectivity index (χ0) is 14.8. The minimum atomic E-state index is -0.0349. The maximum atomic E-state index is 12.6. The quantitative estimate of drug-likeness (QED) is 0.677. The highest BCUT2D eigenvalue weighted by Crippen LogP contribution is 2.36. The summed E-state index contributed by atoms with van der Waals surface area (Å²) in [5.74, 6) is 0.248. The molecule has 0 bridgehead atoms. The van der Waals surface area contributed by atoms with Crippen molar-refractivity contribution in [3.8, 4) is 0 Å². The fraction of sp³-hybridized carbons (Fsp3) is 0.400. The summed E-state index contributed by atoms with van der Waals surface area (Å²) in [6.45, 7) is 2.50. The van der Waals surface area contributed by atoms with E-state index in [9.17, 15) is 9.59 Å². The van der Waals surface area contributed by atoms with Crippen molar-refractivity contribution in [2.24, 2.45) is 0 Å². The second kappa shape index (κ2) is 5.89. The molecule has 3 rings (SSSR count). The number of para-hydroxylation sites is 1. The Morgan fingerprint density at radius 1 is 1.43 bits per heavy atom. The standard InChI is InChI=1S/C15H17N3O2S/c1-2-16-13(19)9-21-15-17-12-6-4-3-5-11(12)14(20)18(15)10-7-8-10/h3-6,10H,2,7-9H2,1H3,(H,16,19). The van der Waals surface area contributed by atoms with Gasteiger partial charge in [-0.25, -0.2) is 4.98 Å². The Bertz CT molecular complexity index is 737. The van der Waals surface area contributed by atoms with E-state index >= 15 is 0 Å². The summed E-state index contributed by atoms with van der Waals surface area (Å²) < 4.78 is 1.76. The van der Waals surface area contributed by atoms with Crippen molar-refractivity contribution in [3.63, 3.8) is 0 Å². The zero-order valence-corrected chi connectivity index (χ0v) is 12.7. The fourth-order valence-corrected chi connectivity index (χ4v) is 3.16. The Kier molecular flexibility index (Phi) is 3.96. The van der Waals surface area contributed by atoms with E-state index < -0.39 is 0 Å². The maximum Gasteiger partial charge on any atom is 0.262 e. The van der Waals surface area contributed by atoms with Crippen LogP contribution >= 0.6 is 11.8 Å². The van der Waals surface area contributed by atoms with Gasteiger partial charge in [-0.3, -0.25) is 14.2 Å². The van der Waals surface area contributed by atoms with Gasteiger partial charge in [-0.2, -0.15) is 0 Å². The molecule has 0 radical (unpaired) electrons. The Hall–Kier alpha value is -1.82. The number of benzene rings is 1. The van der Waals surface area contributed by atoms with Gasteiger partial charge in [0.05, 0.1) is 16.7 Å². The molecule has 21 heavy (non-hydrogen) atoms. The first-order valence-electron chi connectivity index (χ1n) is 7.11. The molecule has 1 heterocycles. The van der Waals surface area contributed by atoms with E-state index in [1.54, 1.807) is 4.57 Å². The highest BCUT2D eigenvalue weighted by Gasteiger charge is 2.28. The Morgan fingerprint density at radius 2 is 2.19 bits per heavy atom. The number of rotatable bonds is 5. The molecule has 1 aromatic carbocycles. The van der Waals surface area contributed by atoms with Gasteiger partial charge in [0.2, 0.25) is 5.91 Å². The van der Waals surface area contributed by atoms with Crippen LogP contribution in [0.5, 0.6) is 0 Å². The molecular formula is C15H17N3O2S. The molecule has 1 aliphatic carbocycles. The van der Waals surface area contributed by atoms with E-state index in [0.717, 1.165) is 12.8 Å². The van der Waals surface area contributed by atoms with Crippen molar-refractivity contribution in [1.82, 2.24) is 14.9 Å². The summed E-state index contributed by atoms with van der Waals surface area (Å²) in [5, 5.41) is 4.05. The Balaban J connectivity index is 1.98. The molecule has 2 aromatic rings. The first-order valence-corrected chi connectivity index (χ1v) is 8.10. The zero-order valence-electron chi connectivity index (χ0n) is 11.8. The smallest absolute Gasteiger partial charge is 0.262 e. The average molecular weight is 303 g/mol. The molecule has 1 saturated carbocycles. The Morgan fingerprint density at radius 3 is 2.90 bits per heavy atom. The number of carbonyl (C=O) groups excluding carboxylic acids is 1. The lowest BCUT2D eigenvalue weighted by Crippen LogP contribution is -2.26. The van der Waals surface area contributed by atoms with Crippen molar-refractivity contribution in [3.05, 3.63) is 34.6 Å². The minimum Gasteiger partial charge on any atom is -0.356 e. The highest BCUT2D eigenvalue weighted by molar-refractivity contribution is 7.99. The summed E-state index contributed by atoms with van der Waals surface area (Å²) in [6.07, 6.45) is 2.02. The summed E-state index contributed by atoms with van der Waals surface area (Å²) >= 11 is 1.33. The van der Waals surface area contributed by atoms with Crippen LogP contribution in [-0.4, -0.2) is 27.8 Å². The van der Waals surface area contributed by atoms with Crippen LogP contribution in [0.25, 0.3) is 10.9 Å². The second-order valence-electron chi connectivity index (χ2n) is 5.06. The molecule has 110 valence electrons. The van der Waals surface area contributed by atoms with E-state index in [4.69, 9.17) is 0 Å². The van der Waals surface area contributed by atoms with Gasteiger partial charge in [0.1, 0.15) is 0 Å². The normalized spacial score (nSPS) is 14.3. The van der Waals surface area contributed by atoms with Crippen molar-refractivity contribution >= 4 is 28.6 Å². The number of nitrogens with zero attached hydrogens (tertiary/aromatic N) is 2. The fourth-order valence-electron chi connectivity index (χ4n) is 2.26. The van der Waals surface area contributed by atoms with Gasteiger partial charge >= 0.3 is 0 Å². The Labute approximate surface area is 126 Å². The predicted octanol–water partition coefficient (Wildman–Crippen LogP) is 1.96. The van der Waals surface area contributed by atoms with Crippen LogP contribution in [-0.2, 0) is 4.79 Å². The number of carbonyl (C=O) groups is 1. The minimum absolute atomic E-state index is 0.00139. The molecule has 0 spiro atoms. The van der Waals surface area contributed by atoms with Crippen LogP contribution in [0.1, 0.15) is 25.8 Å². The number of aromatic nitrogens is 2. The SMILES string of the molecule is CCNC(=O)CSc1nc2ccccc2c(=O)n1C1CC1. The van der Waals surface area contributed by atoms with E-state index in [0.29, 0.717) is 22.6 Å². The van der Waals surface area contributed by atoms with E-state index in [2.05, 4.69) is 10.3 Å². The van der Waals surface area contributed by atoms with Crippen LogP contribution in [0, 0.1) is 0 Å². The van der Waals surface area contributed by atoms with Crippen molar-refractivity contribution in [1.29, 1.82) is 0 Å². The highest BCUT2D eigenvalue weighted by atomic mass is 32.2. The monoisotopic (exact) mass is 303 g/mol. The molecular weight excluding hydrogens is 286 g/mol. The number of fused-ring (bicyclic) bond motifs is 1. The van der Waals surface area contributed by atoms with Gasteiger partial charge in [0.15, 0.2) is 5.16 Å². The molecule has 0 saturated heterocycles. The van der Waals surface area contributed by atoms with Gasteiger partial charge in [0.25, 0.3) is 5.56 Å². The number of nitrogens with one attached hydrogen (secondary N) is 1. The van der Waals surface area contributed by atoms with E-state index in [1.807, 2.05) is 31.2 Å². The van der Waals surface area contributed by atoms with Crippen molar-refractivity contribution < 1.29 is 4.79 Å². The molecule has 0 unspecified atom stereocenters. The molecule has 1 N–H and O–H groups in total. The lowest BCUT2D eigenvalue weighted by Gasteiger charge is -2.12. The lowest BCUT2D eigenvalue weighted by molar-refractivity contribution is -0.118. The van der Waals surface area contributed by atoms with E-state index in [-0.39, 0.29) is 23.3 Å². The van der Waals surface area contributed by atoms with Crippen molar-refractivity contribution in [2.75, 3.05) is 12.3 Å². The van der Waals surface area contributed by atoms with Crippen molar-refractivity contribution in [2.45, 2.75) is 31.0 Å². The van der Waals surface area contributed by atoms with Crippen LogP contribution in [0.2, 0.25) is 0 Å². The average Bonchev–Trinajstić information content (AvgIpc) is 3.30. The summed E-state index contributed by atoms with van der Waals surface area (Å²) in [7, 11) is 0. The van der Waals surface area contributed by atoms with Gasteiger partial charge in [0, 0.05) is 12.6 Å². The maximum absolute atomic E-state index is 12.6. The van der Waals surface area contributed by atoms with Crippen LogP contribution < -0.4 is 10.9 Å². The van der Waals surface area contributed by atoms with Gasteiger partial charge in [-0.15, -0.1) is 0 Å². The molecule has 0 atom stereocenters. The lowest BCUT2D eigenvalue weighted by atomic mass is 10.2. The number of thioether (sulfide) groups is 1. The number of hydrogen-bond donors (Lipinski definition) is 1. The number of hydrogen-bond acceptors (Lipinski definition) is 4. The molecule has 1 fully saturated rings. The van der Waals surface area contributed by atoms with Crippen LogP contribution in [0.4, 0.5) is 0 Å². The summed E-state index contributed by atoms with van der Waals surface area (Å²) in [6, 6.07) is 7.61. The van der Waals surface area contributed by atoms with E-state index in [1.165, 1.54) is 11.8 Å². The summed E-state index contributed by atoms with van der Waals surface area (Å²) in [5.41, 5.74) is 0.694.